The molecule has 5 heteroatoms. The van der Waals surface area contributed by atoms with E-state index in [1.807, 2.05) is 11.3 Å². The number of nitrogens with zero attached hydrogens (tertiary/aromatic N) is 4. The van der Waals surface area contributed by atoms with Gasteiger partial charge < -0.3 is 9.13 Å². The van der Waals surface area contributed by atoms with Crippen LogP contribution in [0.1, 0.15) is 36.5 Å². The maximum Gasteiger partial charge on any atom is 0.162 e. The second-order valence-corrected chi connectivity index (χ2v) is 21.3. The number of rotatable bonds is 6. The number of amidine groups is 1. The van der Waals surface area contributed by atoms with E-state index in [4.69, 9.17) is 9.98 Å². The van der Waals surface area contributed by atoms with Gasteiger partial charge in [-0.3, -0.25) is 0 Å². The third-order valence-electron chi connectivity index (χ3n) is 16.1. The molecule has 0 unspecified atom stereocenters. The van der Waals surface area contributed by atoms with Crippen LogP contribution < -0.4 is 0 Å². The van der Waals surface area contributed by atoms with Gasteiger partial charge in [0.25, 0.3) is 0 Å². The molecule has 76 heavy (non-hydrogen) atoms. The Morgan fingerprint density at radius 3 is 1.87 bits per heavy atom. The summed E-state index contributed by atoms with van der Waals surface area (Å²) in [6, 6.07) is 87.0. The van der Waals surface area contributed by atoms with Crippen molar-refractivity contribution < 1.29 is 0 Å². The van der Waals surface area contributed by atoms with Crippen LogP contribution in [0.25, 0.3) is 124 Å². The molecule has 12 aromatic carbocycles. The fourth-order valence-electron chi connectivity index (χ4n) is 12.7. The first-order valence-electron chi connectivity index (χ1n) is 26.3. The van der Waals surface area contributed by atoms with Crippen molar-refractivity contribution in [2.45, 2.75) is 19.8 Å². The fourth-order valence-corrected chi connectivity index (χ4v) is 14.0. The van der Waals surface area contributed by atoms with Crippen LogP contribution in [0.5, 0.6) is 0 Å². The summed E-state index contributed by atoms with van der Waals surface area (Å²) >= 11 is 1.88. The number of thiophene rings is 1. The number of benzene rings is 12. The van der Waals surface area contributed by atoms with Crippen molar-refractivity contribution in [3.05, 3.63) is 259 Å². The van der Waals surface area contributed by atoms with Crippen LogP contribution in [0.15, 0.2) is 252 Å². The second kappa shape index (κ2) is 16.8. The van der Waals surface area contributed by atoms with Gasteiger partial charge in [-0.2, -0.15) is 0 Å². The van der Waals surface area contributed by atoms with Gasteiger partial charge in [0.15, 0.2) is 5.84 Å². The van der Waals surface area contributed by atoms with Gasteiger partial charge in [-0.05, 0) is 110 Å². The first-order chi connectivity index (χ1) is 37.7. The quantitative estimate of drug-likeness (QED) is 0.159. The molecule has 16 rings (SSSR count). The lowest BCUT2D eigenvalue weighted by Gasteiger charge is -2.20. The molecule has 0 spiro atoms. The molecule has 0 N–H and O–H groups in total. The average molecular weight is 987 g/mol. The van der Waals surface area contributed by atoms with Crippen molar-refractivity contribution in [1.29, 1.82) is 0 Å². The number of aliphatic imine (C=N–C) groups is 2. The molecular weight excluding hydrogens is 941 g/mol. The first-order valence-corrected chi connectivity index (χ1v) is 27.2. The summed E-state index contributed by atoms with van der Waals surface area (Å²) < 4.78 is 7.50. The van der Waals surface area contributed by atoms with Gasteiger partial charge in [0.1, 0.15) is 0 Å². The number of aromatic nitrogens is 2. The minimum Gasteiger partial charge on any atom is -0.309 e. The topological polar surface area (TPSA) is 34.6 Å². The molecule has 0 amide bonds. The van der Waals surface area contributed by atoms with E-state index in [1.54, 1.807) is 0 Å². The molecule has 0 saturated carbocycles. The average Bonchev–Trinajstić information content (AvgIpc) is 4.26. The zero-order valence-corrected chi connectivity index (χ0v) is 42.4. The van der Waals surface area contributed by atoms with Crippen LogP contribution in [-0.4, -0.2) is 20.7 Å². The van der Waals surface area contributed by atoms with Crippen molar-refractivity contribution in [1.82, 2.24) is 9.13 Å². The minimum absolute atomic E-state index is 0.634. The van der Waals surface area contributed by atoms with Crippen LogP contribution in [-0.2, 0) is 0 Å². The van der Waals surface area contributed by atoms with E-state index in [9.17, 15) is 0 Å². The number of para-hydroxylation sites is 2. The van der Waals surface area contributed by atoms with Gasteiger partial charge in [0.2, 0.25) is 0 Å². The number of allylic oxidation sites excluding steroid dienone is 1. The standard InChI is InChI=1S/C71H46N4S/c1-2-43-41-58(49-36-35-44-19-6-7-21-46(44)39-49)72-71(73-68(43)56-31-18-33-60-65(56)54-29-14-16-32-59(54)74(60)50-24-4-3-5-25-50)67-52-27-12-13-28-53(52)70-66(55-30-15-17-34-63(55)76-70)69(67)75-61-38-37-45-20-10-11-26-51(45)64(61)57-40-47-22-8-9-23-48(47)42-62(57)75/h3-40,42H,2,41H2,1H3. The minimum atomic E-state index is 0.634. The van der Waals surface area contributed by atoms with E-state index >= 15 is 0 Å². The lowest BCUT2D eigenvalue weighted by Crippen LogP contribution is -2.11. The monoisotopic (exact) mass is 986 g/mol. The molecule has 15 aromatic rings. The number of hydrogen-bond acceptors (Lipinski definition) is 3. The highest BCUT2D eigenvalue weighted by molar-refractivity contribution is 7.26. The molecule has 4 heterocycles. The highest BCUT2D eigenvalue weighted by Gasteiger charge is 2.30. The zero-order chi connectivity index (χ0) is 50.0. The van der Waals surface area contributed by atoms with Gasteiger partial charge in [0, 0.05) is 64.8 Å². The molecule has 1 aliphatic heterocycles. The SMILES string of the molecule is CCC1=C(c2cccc3c2c2ccccc2n3-c2ccccc2)N=C(c2c(-n3c4cc5ccccc5cc4c4c5ccccc5ccc43)c3c4ccccc4sc3c3ccccc23)N=C(c2ccc3ccccc3c2)C1. The van der Waals surface area contributed by atoms with Gasteiger partial charge >= 0.3 is 0 Å². The normalized spacial score (nSPS) is 13.4. The Morgan fingerprint density at radius 2 is 1.05 bits per heavy atom. The van der Waals surface area contributed by atoms with E-state index in [0.29, 0.717) is 12.3 Å². The molecule has 0 fully saturated rings. The Balaban J connectivity index is 1.10. The van der Waals surface area contributed by atoms with Crippen molar-refractivity contribution in [2.75, 3.05) is 0 Å². The Labute approximate surface area is 442 Å². The number of fused-ring (bicyclic) bond motifs is 15. The Kier molecular flexibility index (Phi) is 9.51. The molecule has 3 aromatic heterocycles. The van der Waals surface area contributed by atoms with E-state index in [0.717, 1.165) is 73.3 Å². The van der Waals surface area contributed by atoms with Gasteiger partial charge in [-0.1, -0.05) is 189 Å². The third kappa shape index (κ3) is 6.36. The van der Waals surface area contributed by atoms with E-state index in [1.165, 1.54) is 85.0 Å². The molecule has 4 nitrogen and oxygen atoms in total. The van der Waals surface area contributed by atoms with Gasteiger partial charge in [0.05, 0.1) is 44.7 Å². The zero-order valence-electron chi connectivity index (χ0n) is 41.6. The van der Waals surface area contributed by atoms with Gasteiger partial charge in [-0.15, -0.1) is 11.3 Å². The second-order valence-electron chi connectivity index (χ2n) is 20.2. The summed E-state index contributed by atoms with van der Waals surface area (Å²) in [7, 11) is 0. The van der Waals surface area contributed by atoms with Crippen molar-refractivity contribution >= 4 is 135 Å². The molecule has 0 bridgehead atoms. The number of hydrogen-bond donors (Lipinski definition) is 0. The third-order valence-corrected chi connectivity index (χ3v) is 17.3. The molecule has 0 atom stereocenters. The summed E-state index contributed by atoms with van der Waals surface area (Å²) in [4.78, 5) is 12.2. The molecular formula is C71H46N4S. The lowest BCUT2D eigenvalue weighted by atomic mass is 9.94. The van der Waals surface area contributed by atoms with Crippen LogP contribution >= 0.6 is 11.3 Å². The van der Waals surface area contributed by atoms with Gasteiger partial charge in [-0.25, -0.2) is 9.98 Å². The van der Waals surface area contributed by atoms with Crippen LogP contribution in [0.2, 0.25) is 0 Å². The molecule has 0 aliphatic carbocycles. The predicted molar refractivity (Wildman–Crippen MR) is 326 cm³/mol. The molecule has 0 saturated heterocycles. The van der Waals surface area contributed by atoms with Crippen LogP contribution in [0, 0.1) is 0 Å². The van der Waals surface area contributed by atoms with Crippen molar-refractivity contribution in [3.8, 4) is 11.4 Å². The summed E-state index contributed by atoms with van der Waals surface area (Å²) in [6.07, 6.45) is 1.43. The molecule has 1 aliphatic rings. The Bertz CT molecular complexity index is 5060. The predicted octanol–water partition coefficient (Wildman–Crippen LogP) is 19.3. The van der Waals surface area contributed by atoms with Crippen molar-refractivity contribution in [3.63, 3.8) is 0 Å². The Hall–Kier alpha value is -9.42. The highest BCUT2D eigenvalue weighted by Crippen LogP contribution is 2.49. The summed E-state index contributed by atoms with van der Waals surface area (Å²) in [5.41, 5.74) is 13.3. The van der Waals surface area contributed by atoms with E-state index < -0.39 is 0 Å². The Morgan fingerprint density at radius 1 is 0.421 bits per heavy atom. The smallest absolute Gasteiger partial charge is 0.162 e. The largest absolute Gasteiger partial charge is 0.309 e. The molecule has 356 valence electrons. The molecule has 0 radical (unpaired) electrons. The van der Waals surface area contributed by atoms with Crippen molar-refractivity contribution in [2.24, 2.45) is 9.98 Å². The van der Waals surface area contributed by atoms with Crippen LogP contribution in [0.3, 0.4) is 0 Å². The first kappa shape index (κ1) is 43.0. The summed E-state index contributed by atoms with van der Waals surface area (Å²) in [5.74, 6) is 0.699. The maximum atomic E-state index is 6.19. The summed E-state index contributed by atoms with van der Waals surface area (Å²) in [6.45, 7) is 2.29. The highest BCUT2D eigenvalue weighted by atomic mass is 32.1. The van der Waals surface area contributed by atoms with E-state index in [-0.39, 0.29) is 0 Å². The van der Waals surface area contributed by atoms with E-state index in [2.05, 4.69) is 253 Å². The lowest BCUT2D eigenvalue weighted by molar-refractivity contribution is 1.05. The fraction of sp³-hybridized carbons (Fsp3) is 0.0423. The maximum absolute atomic E-state index is 6.19. The van der Waals surface area contributed by atoms with Crippen LogP contribution in [0.4, 0.5) is 0 Å². The summed E-state index contributed by atoms with van der Waals surface area (Å²) in [5, 5.41) is 16.8.